The second-order valence-electron chi connectivity index (χ2n) is 5.73. The van der Waals surface area contributed by atoms with Crippen LogP contribution in [0.1, 0.15) is 37.3 Å². The van der Waals surface area contributed by atoms with E-state index in [1.54, 1.807) is 18.9 Å². The van der Waals surface area contributed by atoms with Crippen LogP contribution in [0.5, 0.6) is 0 Å². The van der Waals surface area contributed by atoms with Gasteiger partial charge in [-0.05, 0) is 26.8 Å². The first kappa shape index (κ1) is 16.7. The summed E-state index contributed by atoms with van der Waals surface area (Å²) in [5.41, 5.74) is 0. The monoisotopic (exact) mass is 319 g/mol. The molecule has 1 aromatic rings. The summed E-state index contributed by atoms with van der Waals surface area (Å²) in [6.45, 7) is 0.584. The molecule has 0 unspecified atom stereocenters. The molecule has 1 N–H and O–H groups in total. The lowest BCUT2D eigenvalue weighted by atomic mass is 10.2. The SMILES string of the molecule is C[C@@H](C(=O)NCC(F)(F)F)N(C)Cc1nnc(C2CC2)n1C. The fraction of sp³-hybridized carbons (Fsp3) is 0.769. The average Bonchev–Trinajstić information content (AvgIpc) is 3.21. The number of aromatic nitrogens is 3. The van der Waals surface area contributed by atoms with Gasteiger partial charge in [0.25, 0.3) is 0 Å². The van der Waals surface area contributed by atoms with Gasteiger partial charge in [-0.25, -0.2) is 0 Å². The average molecular weight is 319 g/mol. The van der Waals surface area contributed by atoms with Crippen molar-refractivity contribution in [3.8, 4) is 0 Å². The number of likely N-dealkylation sites (N-methyl/N-ethyl adjacent to an activating group) is 1. The third kappa shape index (κ3) is 4.19. The van der Waals surface area contributed by atoms with E-state index in [0.717, 1.165) is 18.7 Å². The summed E-state index contributed by atoms with van der Waals surface area (Å²) in [6.07, 6.45) is -2.19. The van der Waals surface area contributed by atoms with Crippen LogP contribution in [0.15, 0.2) is 0 Å². The Morgan fingerprint density at radius 1 is 1.45 bits per heavy atom. The van der Waals surface area contributed by atoms with Crippen LogP contribution in [0.2, 0.25) is 0 Å². The second-order valence-corrected chi connectivity index (χ2v) is 5.73. The minimum absolute atomic E-state index is 0.344. The van der Waals surface area contributed by atoms with Crippen LogP contribution in [0.3, 0.4) is 0 Å². The summed E-state index contributed by atoms with van der Waals surface area (Å²) < 4.78 is 38.2. The number of halogens is 3. The molecule has 0 spiro atoms. The molecule has 9 heteroatoms. The Bertz CT molecular complexity index is 538. The molecule has 2 rings (SSSR count). The highest BCUT2D eigenvalue weighted by molar-refractivity contribution is 5.81. The predicted molar refractivity (Wildman–Crippen MR) is 73.0 cm³/mol. The number of rotatable bonds is 6. The number of amides is 1. The molecule has 1 aliphatic carbocycles. The molecular weight excluding hydrogens is 299 g/mol. The van der Waals surface area contributed by atoms with Crippen LogP contribution in [0.25, 0.3) is 0 Å². The van der Waals surface area contributed by atoms with Crippen molar-refractivity contribution in [3.63, 3.8) is 0 Å². The summed E-state index contributed by atoms with van der Waals surface area (Å²) in [5.74, 6) is 1.42. The lowest BCUT2D eigenvalue weighted by Gasteiger charge is -2.23. The molecule has 0 aromatic carbocycles. The molecule has 1 aliphatic rings. The Morgan fingerprint density at radius 2 is 2.09 bits per heavy atom. The van der Waals surface area contributed by atoms with Crippen molar-refractivity contribution < 1.29 is 18.0 Å². The number of nitrogens with one attached hydrogen (secondary N) is 1. The zero-order valence-electron chi connectivity index (χ0n) is 12.8. The van der Waals surface area contributed by atoms with Crippen LogP contribution in [0, 0.1) is 0 Å². The van der Waals surface area contributed by atoms with Gasteiger partial charge in [0.1, 0.15) is 18.2 Å². The molecule has 0 saturated heterocycles. The lowest BCUT2D eigenvalue weighted by Crippen LogP contribution is -2.45. The molecule has 1 fully saturated rings. The van der Waals surface area contributed by atoms with Gasteiger partial charge in [-0.2, -0.15) is 13.2 Å². The number of carbonyl (C=O) groups excluding carboxylic acids is 1. The largest absolute Gasteiger partial charge is 0.405 e. The molecule has 22 heavy (non-hydrogen) atoms. The first-order chi connectivity index (χ1) is 10.2. The van der Waals surface area contributed by atoms with Crippen LogP contribution in [-0.4, -0.2) is 51.4 Å². The molecule has 1 aromatic heterocycles. The number of nitrogens with zero attached hydrogens (tertiary/aromatic N) is 4. The molecule has 6 nitrogen and oxygen atoms in total. The number of hydrogen-bond donors (Lipinski definition) is 1. The molecule has 0 radical (unpaired) electrons. The maximum Gasteiger partial charge on any atom is 0.405 e. The first-order valence-electron chi connectivity index (χ1n) is 7.12. The van der Waals surface area contributed by atoms with Gasteiger partial charge in [0.05, 0.1) is 12.6 Å². The Hall–Kier alpha value is -1.64. The van der Waals surface area contributed by atoms with Gasteiger partial charge in [-0.1, -0.05) is 0 Å². The van der Waals surface area contributed by atoms with Crippen molar-refractivity contribution in [3.05, 3.63) is 11.6 Å². The molecule has 1 heterocycles. The van der Waals surface area contributed by atoms with Crippen LogP contribution < -0.4 is 5.32 Å². The summed E-state index contributed by atoms with van der Waals surface area (Å²) in [7, 11) is 3.54. The highest BCUT2D eigenvalue weighted by atomic mass is 19.4. The van der Waals surface area contributed by atoms with E-state index in [9.17, 15) is 18.0 Å². The van der Waals surface area contributed by atoms with E-state index in [4.69, 9.17) is 0 Å². The van der Waals surface area contributed by atoms with Crippen molar-refractivity contribution in [1.82, 2.24) is 25.0 Å². The van der Waals surface area contributed by atoms with E-state index >= 15 is 0 Å². The zero-order valence-corrected chi connectivity index (χ0v) is 12.8. The highest BCUT2D eigenvalue weighted by Gasteiger charge is 2.31. The zero-order chi connectivity index (χ0) is 16.5. The lowest BCUT2D eigenvalue weighted by molar-refractivity contribution is -0.141. The van der Waals surface area contributed by atoms with Crippen molar-refractivity contribution in [2.75, 3.05) is 13.6 Å². The van der Waals surface area contributed by atoms with Crippen molar-refractivity contribution in [1.29, 1.82) is 0 Å². The summed E-state index contributed by atoms with van der Waals surface area (Å²) in [5, 5.41) is 10.1. The molecule has 0 bridgehead atoms. The molecule has 0 aliphatic heterocycles. The Balaban J connectivity index is 1.90. The minimum Gasteiger partial charge on any atom is -0.346 e. The van der Waals surface area contributed by atoms with Gasteiger partial charge in [0.15, 0.2) is 0 Å². The topological polar surface area (TPSA) is 63.1 Å². The van der Waals surface area contributed by atoms with E-state index in [1.807, 2.05) is 16.9 Å². The third-order valence-electron chi connectivity index (χ3n) is 3.84. The van der Waals surface area contributed by atoms with Crippen LogP contribution in [0.4, 0.5) is 13.2 Å². The normalized spacial score (nSPS) is 16.9. The van der Waals surface area contributed by atoms with Crippen LogP contribution >= 0.6 is 0 Å². The number of hydrogen-bond acceptors (Lipinski definition) is 4. The Kier molecular flexibility index (Phi) is 4.74. The molecular formula is C13H20F3N5O. The maximum atomic E-state index is 12.1. The van der Waals surface area contributed by atoms with Crippen LogP contribution in [-0.2, 0) is 18.4 Å². The maximum absolute atomic E-state index is 12.1. The minimum atomic E-state index is -4.41. The van der Waals surface area contributed by atoms with Gasteiger partial charge in [0, 0.05) is 13.0 Å². The van der Waals surface area contributed by atoms with Crippen molar-refractivity contribution in [2.24, 2.45) is 7.05 Å². The van der Waals surface area contributed by atoms with E-state index in [2.05, 4.69) is 10.2 Å². The third-order valence-corrected chi connectivity index (χ3v) is 3.84. The highest BCUT2D eigenvalue weighted by Crippen LogP contribution is 2.38. The predicted octanol–water partition coefficient (Wildman–Crippen LogP) is 1.19. The van der Waals surface area contributed by atoms with E-state index < -0.39 is 24.7 Å². The number of alkyl halides is 3. The fourth-order valence-electron chi connectivity index (χ4n) is 2.11. The summed E-state index contributed by atoms with van der Waals surface area (Å²) in [4.78, 5) is 13.4. The molecule has 1 amide bonds. The van der Waals surface area contributed by atoms with Gasteiger partial charge >= 0.3 is 6.18 Å². The summed E-state index contributed by atoms with van der Waals surface area (Å²) in [6, 6.07) is -0.691. The van der Waals surface area contributed by atoms with E-state index in [1.165, 1.54) is 0 Å². The molecule has 1 atom stereocenters. The van der Waals surface area contributed by atoms with Gasteiger partial charge < -0.3 is 9.88 Å². The summed E-state index contributed by atoms with van der Waals surface area (Å²) >= 11 is 0. The van der Waals surface area contributed by atoms with Gasteiger partial charge in [-0.15, -0.1) is 10.2 Å². The smallest absolute Gasteiger partial charge is 0.346 e. The van der Waals surface area contributed by atoms with Crippen molar-refractivity contribution in [2.45, 2.75) is 44.4 Å². The Morgan fingerprint density at radius 3 is 2.64 bits per heavy atom. The quantitative estimate of drug-likeness (QED) is 0.855. The number of carbonyl (C=O) groups is 1. The first-order valence-corrected chi connectivity index (χ1v) is 7.12. The second kappa shape index (κ2) is 6.23. The van der Waals surface area contributed by atoms with E-state index in [-0.39, 0.29) is 0 Å². The van der Waals surface area contributed by atoms with Crippen molar-refractivity contribution >= 4 is 5.91 Å². The van der Waals surface area contributed by atoms with Gasteiger partial charge in [-0.3, -0.25) is 9.69 Å². The molecule has 1 saturated carbocycles. The molecule has 124 valence electrons. The van der Waals surface area contributed by atoms with E-state index in [0.29, 0.717) is 18.3 Å². The standard InChI is InChI=1S/C13H20F3N5O/c1-8(12(22)17-7-13(14,15)16)20(2)6-10-18-19-11(21(10)3)9-4-5-9/h8-9H,4-7H2,1-3H3,(H,17,22)/t8-/m0/s1. The fourth-order valence-corrected chi connectivity index (χ4v) is 2.11. The van der Waals surface area contributed by atoms with Gasteiger partial charge in [0.2, 0.25) is 5.91 Å². The Labute approximate surface area is 126 Å².